The zero-order valence-electron chi connectivity index (χ0n) is 12.4. The van der Waals surface area contributed by atoms with Gasteiger partial charge >= 0.3 is 6.61 Å². The molecule has 1 aromatic carbocycles. The fraction of sp³-hybridized carbons (Fsp3) is 0.400. The normalized spacial score (nSPS) is 9.45. The Balaban J connectivity index is 0.000000829. The second-order valence-electron chi connectivity index (χ2n) is 3.28. The van der Waals surface area contributed by atoms with Crippen molar-refractivity contribution < 1.29 is 17.9 Å². The highest BCUT2D eigenvalue weighted by Gasteiger charge is 2.14. The second-order valence-corrected chi connectivity index (χ2v) is 3.28. The molecule has 0 saturated carbocycles. The summed E-state index contributed by atoms with van der Waals surface area (Å²) in [5, 5.41) is 0.508. The topological polar surface area (TPSA) is 22.1 Å². The van der Waals surface area contributed by atoms with E-state index in [0.717, 1.165) is 5.56 Å². The van der Waals surface area contributed by atoms with Crippen molar-refractivity contribution in [3.63, 3.8) is 0 Å². The molecule has 0 spiro atoms. The van der Waals surface area contributed by atoms with Crippen molar-refractivity contribution in [3.8, 4) is 5.88 Å². The number of hydrogen-bond donors (Lipinski definition) is 0. The van der Waals surface area contributed by atoms with Gasteiger partial charge in [0.05, 0.1) is 5.39 Å². The van der Waals surface area contributed by atoms with Gasteiger partial charge in [-0.1, -0.05) is 33.8 Å². The molecule has 0 aliphatic heterocycles. The lowest BCUT2D eigenvalue weighted by atomic mass is 10.1. The second kappa shape index (κ2) is 9.18. The summed E-state index contributed by atoms with van der Waals surface area (Å²) in [7, 11) is 0. The maximum Gasteiger partial charge on any atom is 0.388 e. The number of hydrogen-bond acceptors (Lipinski definition) is 2. The number of aromatic nitrogens is 1. The number of benzene rings is 1. The molecule has 2 rings (SSSR count). The Bertz CT molecular complexity index is 530. The zero-order valence-corrected chi connectivity index (χ0v) is 12.4. The number of pyridine rings is 1. The fourth-order valence-electron chi connectivity index (χ4n) is 1.55. The van der Waals surface area contributed by atoms with Crippen molar-refractivity contribution in [1.82, 2.24) is 4.98 Å². The van der Waals surface area contributed by atoms with Crippen LogP contribution in [0, 0.1) is 12.7 Å². The summed E-state index contributed by atoms with van der Waals surface area (Å²) in [6, 6.07) is 4.34. The van der Waals surface area contributed by atoms with E-state index in [1.807, 2.05) is 27.7 Å². The van der Waals surface area contributed by atoms with Gasteiger partial charge in [-0.15, -0.1) is 0 Å². The van der Waals surface area contributed by atoms with Crippen LogP contribution in [0.25, 0.3) is 10.8 Å². The van der Waals surface area contributed by atoms with Crippen LogP contribution in [0.4, 0.5) is 13.2 Å². The molecule has 0 atom stereocenters. The molecule has 1 heterocycles. The van der Waals surface area contributed by atoms with Gasteiger partial charge in [0.15, 0.2) is 0 Å². The number of halogens is 3. The highest BCUT2D eigenvalue weighted by atomic mass is 19.3. The van der Waals surface area contributed by atoms with Gasteiger partial charge in [-0.05, 0) is 30.0 Å². The Hall–Kier alpha value is -1.78. The van der Waals surface area contributed by atoms with Gasteiger partial charge in [0.1, 0.15) is 5.82 Å². The van der Waals surface area contributed by atoms with Crippen molar-refractivity contribution >= 4 is 10.8 Å². The molecule has 0 amide bonds. The highest BCUT2D eigenvalue weighted by Crippen LogP contribution is 2.29. The lowest BCUT2D eigenvalue weighted by Gasteiger charge is -2.08. The van der Waals surface area contributed by atoms with Crippen molar-refractivity contribution in [1.29, 1.82) is 0 Å². The first kappa shape index (κ1) is 18.2. The van der Waals surface area contributed by atoms with E-state index in [2.05, 4.69) is 9.72 Å². The molecule has 1 aromatic heterocycles. The summed E-state index contributed by atoms with van der Waals surface area (Å²) < 4.78 is 41.9. The van der Waals surface area contributed by atoms with Gasteiger partial charge in [0.2, 0.25) is 5.88 Å². The van der Waals surface area contributed by atoms with Crippen molar-refractivity contribution in [2.45, 2.75) is 41.2 Å². The molecule has 5 heteroatoms. The average Bonchev–Trinajstić information content (AvgIpc) is 2.47. The van der Waals surface area contributed by atoms with Crippen molar-refractivity contribution in [2.24, 2.45) is 0 Å². The first-order valence-corrected chi connectivity index (χ1v) is 6.58. The van der Waals surface area contributed by atoms with Crippen LogP contribution >= 0.6 is 0 Å². The van der Waals surface area contributed by atoms with Crippen molar-refractivity contribution in [2.75, 3.05) is 0 Å². The molecule has 0 aliphatic rings. The smallest absolute Gasteiger partial charge is 0.388 e. The van der Waals surface area contributed by atoms with Crippen LogP contribution in [0.3, 0.4) is 0 Å². The molecule has 0 fully saturated rings. The molecular formula is C15H20F3NO. The van der Waals surface area contributed by atoms with Gasteiger partial charge in [0.25, 0.3) is 0 Å². The molecule has 0 saturated heterocycles. The number of ether oxygens (including phenoxy) is 1. The summed E-state index contributed by atoms with van der Waals surface area (Å²) in [4.78, 5) is 3.61. The predicted octanol–water partition coefficient (Wildman–Crippen LogP) is 5.34. The molecule has 0 unspecified atom stereocenters. The van der Waals surface area contributed by atoms with Crippen LogP contribution in [0.5, 0.6) is 5.88 Å². The number of aryl methyl sites for hydroxylation is 1. The van der Waals surface area contributed by atoms with Crippen LogP contribution < -0.4 is 4.74 Å². The number of alkyl halides is 2. The molecule has 0 radical (unpaired) electrons. The zero-order chi connectivity index (χ0) is 15.7. The Morgan fingerprint density at radius 1 is 1.05 bits per heavy atom. The Morgan fingerprint density at radius 3 is 2.20 bits per heavy atom. The van der Waals surface area contributed by atoms with E-state index in [4.69, 9.17) is 0 Å². The molecule has 0 bridgehead atoms. The maximum absolute atomic E-state index is 13.5. The summed E-state index contributed by atoms with van der Waals surface area (Å²) >= 11 is 0. The molecule has 2 aromatic rings. The minimum absolute atomic E-state index is 0.0113. The third-order valence-electron chi connectivity index (χ3n) is 2.26. The van der Waals surface area contributed by atoms with Crippen LogP contribution in [0.2, 0.25) is 0 Å². The van der Waals surface area contributed by atoms with Gasteiger partial charge in [-0.2, -0.15) is 8.78 Å². The predicted molar refractivity (Wildman–Crippen MR) is 75.8 cm³/mol. The van der Waals surface area contributed by atoms with E-state index >= 15 is 0 Å². The minimum Gasteiger partial charge on any atom is -0.416 e. The quantitative estimate of drug-likeness (QED) is 0.744. The minimum atomic E-state index is -3.02. The third kappa shape index (κ3) is 4.40. The molecule has 0 N–H and O–H groups in total. The maximum atomic E-state index is 13.5. The Labute approximate surface area is 117 Å². The molecule has 0 aliphatic carbocycles. The fourth-order valence-corrected chi connectivity index (χ4v) is 1.55. The number of rotatable bonds is 2. The van der Waals surface area contributed by atoms with Gasteiger partial charge < -0.3 is 4.74 Å². The molecule has 20 heavy (non-hydrogen) atoms. The first-order chi connectivity index (χ1) is 9.59. The van der Waals surface area contributed by atoms with E-state index in [0.29, 0.717) is 5.39 Å². The summed E-state index contributed by atoms with van der Waals surface area (Å²) in [6.07, 6.45) is 1.31. The first-order valence-electron chi connectivity index (χ1n) is 6.58. The lowest BCUT2D eigenvalue weighted by molar-refractivity contribution is -0.0518. The average molecular weight is 287 g/mol. The van der Waals surface area contributed by atoms with Gasteiger partial charge in [-0.3, -0.25) is 0 Å². The Kier molecular flexibility index (Phi) is 8.36. The van der Waals surface area contributed by atoms with Gasteiger partial charge in [0, 0.05) is 6.20 Å². The summed E-state index contributed by atoms with van der Waals surface area (Å²) in [6.45, 7) is 6.74. The van der Waals surface area contributed by atoms with E-state index in [1.165, 1.54) is 12.3 Å². The lowest BCUT2D eigenvalue weighted by Crippen LogP contribution is -2.04. The standard InChI is InChI=1S/C11H8F3NO.2C2H6/c1-6-2-3-8(12)9-7(6)4-5-15-10(9)16-11(13)14;2*1-2/h2-5,11H,1H3;2*1-2H3. The molecular weight excluding hydrogens is 267 g/mol. The number of nitrogens with zero attached hydrogens (tertiary/aromatic N) is 1. The van der Waals surface area contributed by atoms with Crippen LogP contribution in [-0.2, 0) is 0 Å². The summed E-state index contributed by atoms with van der Waals surface area (Å²) in [5.74, 6) is -1.00. The largest absolute Gasteiger partial charge is 0.416 e. The third-order valence-corrected chi connectivity index (χ3v) is 2.26. The van der Waals surface area contributed by atoms with E-state index < -0.39 is 12.4 Å². The number of fused-ring (bicyclic) bond motifs is 1. The van der Waals surface area contributed by atoms with Crippen molar-refractivity contribution in [3.05, 3.63) is 35.8 Å². The summed E-state index contributed by atoms with van der Waals surface area (Å²) in [5.41, 5.74) is 0.776. The highest BCUT2D eigenvalue weighted by molar-refractivity contribution is 5.89. The van der Waals surface area contributed by atoms with Crippen LogP contribution in [0.15, 0.2) is 24.4 Å². The van der Waals surface area contributed by atoms with E-state index in [-0.39, 0.29) is 11.3 Å². The Morgan fingerprint density at radius 2 is 1.65 bits per heavy atom. The monoisotopic (exact) mass is 287 g/mol. The molecule has 112 valence electrons. The van der Waals surface area contributed by atoms with Crippen LogP contribution in [0.1, 0.15) is 33.3 Å². The van der Waals surface area contributed by atoms with E-state index in [9.17, 15) is 13.2 Å². The SMILES string of the molecule is CC.CC.Cc1ccc(F)c2c(OC(F)F)nccc12. The van der Waals surface area contributed by atoms with Crippen LogP contribution in [-0.4, -0.2) is 11.6 Å². The van der Waals surface area contributed by atoms with Gasteiger partial charge in [-0.25, -0.2) is 9.37 Å². The molecule has 2 nitrogen and oxygen atoms in total. The van der Waals surface area contributed by atoms with E-state index in [1.54, 1.807) is 19.1 Å².